The lowest BCUT2D eigenvalue weighted by Crippen LogP contribution is -2.42. The molecule has 1 fully saturated rings. The molecule has 0 amide bonds. The van der Waals surface area contributed by atoms with Crippen LogP contribution in [-0.4, -0.2) is 41.9 Å². The van der Waals surface area contributed by atoms with Crippen molar-refractivity contribution in [3.63, 3.8) is 0 Å². The normalized spacial score (nSPS) is 21.0. The number of ether oxygens (including phenoxy) is 1. The van der Waals surface area contributed by atoms with Gasteiger partial charge in [-0.3, -0.25) is 5.10 Å². The molecule has 2 rings (SSSR count). The first-order valence-electron chi connectivity index (χ1n) is 6.48. The summed E-state index contributed by atoms with van der Waals surface area (Å²) in [6.45, 7) is 6.88. The standard InChI is InChI=1S/C12H23N5O/c1-9(18-3)10-14-11(16-15-10)17-6-4-12(2,8-13)5-7-17/h9H,4-8,13H2,1-3H3,(H,14,15,16). The van der Waals surface area contributed by atoms with Crippen molar-refractivity contribution in [1.82, 2.24) is 15.2 Å². The van der Waals surface area contributed by atoms with Crippen molar-refractivity contribution in [3.05, 3.63) is 5.82 Å². The Morgan fingerprint density at radius 3 is 2.72 bits per heavy atom. The first-order chi connectivity index (χ1) is 8.58. The monoisotopic (exact) mass is 253 g/mol. The van der Waals surface area contributed by atoms with Gasteiger partial charge in [0.15, 0.2) is 5.82 Å². The molecular formula is C12H23N5O. The van der Waals surface area contributed by atoms with E-state index in [9.17, 15) is 0 Å². The molecule has 1 saturated heterocycles. The maximum atomic E-state index is 5.81. The number of rotatable bonds is 4. The van der Waals surface area contributed by atoms with Crippen molar-refractivity contribution in [2.24, 2.45) is 11.1 Å². The predicted octanol–water partition coefficient (Wildman–Crippen LogP) is 1.08. The molecule has 18 heavy (non-hydrogen) atoms. The highest BCUT2D eigenvalue weighted by molar-refractivity contribution is 5.30. The number of nitrogens with one attached hydrogen (secondary N) is 1. The summed E-state index contributed by atoms with van der Waals surface area (Å²) in [7, 11) is 1.67. The van der Waals surface area contributed by atoms with Gasteiger partial charge in [0, 0.05) is 20.2 Å². The molecule has 102 valence electrons. The number of H-pyrrole nitrogens is 1. The molecule has 0 bridgehead atoms. The lowest BCUT2D eigenvalue weighted by atomic mass is 9.81. The second-order valence-corrected chi connectivity index (χ2v) is 5.40. The molecule has 0 aliphatic carbocycles. The van der Waals surface area contributed by atoms with Crippen LogP contribution in [0.3, 0.4) is 0 Å². The Balaban J connectivity index is 1.99. The molecule has 6 nitrogen and oxygen atoms in total. The van der Waals surface area contributed by atoms with E-state index in [2.05, 4.69) is 27.0 Å². The number of anilines is 1. The van der Waals surface area contributed by atoms with Gasteiger partial charge in [-0.05, 0) is 31.7 Å². The molecule has 0 radical (unpaired) electrons. The van der Waals surface area contributed by atoms with Crippen LogP contribution in [0.1, 0.15) is 38.6 Å². The molecular weight excluding hydrogens is 230 g/mol. The topological polar surface area (TPSA) is 80.1 Å². The predicted molar refractivity (Wildman–Crippen MR) is 70.4 cm³/mol. The van der Waals surface area contributed by atoms with Crippen LogP contribution in [0.2, 0.25) is 0 Å². The van der Waals surface area contributed by atoms with Gasteiger partial charge in [0.25, 0.3) is 0 Å². The molecule has 0 spiro atoms. The van der Waals surface area contributed by atoms with E-state index >= 15 is 0 Å². The summed E-state index contributed by atoms with van der Waals surface area (Å²) in [5, 5.41) is 7.20. The van der Waals surface area contributed by atoms with Gasteiger partial charge in [0.2, 0.25) is 5.95 Å². The van der Waals surface area contributed by atoms with Crippen LogP contribution in [0.15, 0.2) is 0 Å². The lowest BCUT2D eigenvalue weighted by molar-refractivity contribution is 0.112. The fourth-order valence-corrected chi connectivity index (χ4v) is 2.15. The number of aromatic amines is 1. The summed E-state index contributed by atoms with van der Waals surface area (Å²) in [4.78, 5) is 6.69. The lowest BCUT2D eigenvalue weighted by Gasteiger charge is -2.38. The molecule has 1 unspecified atom stereocenters. The third-order valence-corrected chi connectivity index (χ3v) is 3.98. The molecule has 3 N–H and O–H groups in total. The Bertz CT molecular complexity index is 384. The third kappa shape index (κ3) is 2.64. The SMILES string of the molecule is COC(C)c1nc(N2CCC(C)(CN)CC2)n[nH]1. The second-order valence-electron chi connectivity index (χ2n) is 5.40. The van der Waals surface area contributed by atoms with E-state index in [1.807, 2.05) is 6.92 Å². The summed E-state index contributed by atoms with van der Waals surface area (Å²) < 4.78 is 5.22. The summed E-state index contributed by atoms with van der Waals surface area (Å²) in [6.07, 6.45) is 2.13. The van der Waals surface area contributed by atoms with E-state index in [1.165, 1.54) is 0 Å². The molecule has 2 heterocycles. The summed E-state index contributed by atoms with van der Waals surface area (Å²) in [6, 6.07) is 0. The maximum Gasteiger partial charge on any atom is 0.244 e. The van der Waals surface area contributed by atoms with E-state index in [0.717, 1.165) is 44.2 Å². The van der Waals surface area contributed by atoms with Gasteiger partial charge in [-0.25, -0.2) is 0 Å². The zero-order valence-corrected chi connectivity index (χ0v) is 11.4. The van der Waals surface area contributed by atoms with E-state index in [1.54, 1.807) is 7.11 Å². The first kappa shape index (κ1) is 13.3. The molecule has 1 aromatic heterocycles. The van der Waals surface area contributed by atoms with Crippen LogP contribution < -0.4 is 10.6 Å². The van der Waals surface area contributed by atoms with Gasteiger partial charge in [-0.1, -0.05) is 6.92 Å². The van der Waals surface area contributed by atoms with Crippen LogP contribution in [-0.2, 0) is 4.74 Å². The fraction of sp³-hybridized carbons (Fsp3) is 0.833. The van der Waals surface area contributed by atoms with Crippen molar-refractivity contribution in [3.8, 4) is 0 Å². The fourth-order valence-electron chi connectivity index (χ4n) is 2.15. The van der Waals surface area contributed by atoms with Gasteiger partial charge < -0.3 is 15.4 Å². The van der Waals surface area contributed by atoms with Gasteiger partial charge >= 0.3 is 0 Å². The Hall–Kier alpha value is -1.14. The quantitative estimate of drug-likeness (QED) is 0.839. The highest BCUT2D eigenvalue weighted by Crippen LogP contribution is 2.30. The maximum absolute atomic E-state index is 5.81. The minimum atomic E-state index is -0.0506. The van der Waals surface area contributed by atoms with Gasteiger partial charge in [0.1, 0.15) is 6.10 Å². The van der Waals surface area contributed by atoms with Crippen LogP contribution in [0.25, 0.3) is 0 Å². The summed E-state index contributed by atoms with van der Waals surface area (Å²) >= 11 is 0. The molecule has 6 heteroatoms. The Morgan fingerprint density at radius 1 is 1.50 bits per heavy atom. The van der Waals surface area contributed by atoms with Crippen molar-refractivity contribution < 1.29 is 4.74 Å². The molecule has 1 atom stereocenters. The largest absolute Gasteiger partial charge is 0.374 e. The van der Waals surface area contributed by atoms with E-state index in [-0.39, 0.29) is 11.5 Å². The molecule has 1 aliphatic heterocycles. The van der Waals surface area contributed by atoms with Gasteiger partial charge in [-0.2, -0.15) is 4.98 Å². The second kappa shape index (κ2) is 5.24. The summed E-state index contributed by atoms with van der Waals surface area (Å²) in [5.74, 6) is 1.55. The number of aromatic nitrogens is 3. The molecule has 0 aromatic carbocycles. The number of piperidine rings is 1. The van der Waals surface area contributed by atoms with Crippen molar-refractivity contribution in [1.29, 1.82) is 0 Å². The van der Waals surface area contributed by atoms with Crippen molar-refractivity contribution >= 4 is 5.95 Å². The highest BCUT2D eigenvalue weighted by atomic mass is 16.5. The van der Waals surface area contributed by atoms with Crippen LogP contribution >= 0.6 is 0 Å². The van der Waals surface area contributed by atoms with Crippen LogP contribution in [0, 0.1) is 5.41 Å². The Labute approximate surface area is 108 Å². The van der Waals surface area contributed by atoms with Crippen molar-refractivity contribution in [2.45, 2.75) is 32.8 Å². The van der Waals surface area contributed by atoms with E-state index in [4.69, 9.17) is 10.5 Å². The molecule has 1 aliphatic rings. The minimum Gasteiger partial charge on any atom is -0.374 e. The number of methoxy groups -OCH3 is 1. The van der Waals surface area contributed by atoms with Crippen LogP contribution in [0.4, 0.5) is 5.95 Å². The smallest absolute Gasteiger partial charge is 0.244 e. The third-order valence-electron chi connectivity index (χ3n) is 3.98. The van der Waals surface area contributed by atoms with E-state index < -0.39 is 0 Å². The zero-order chi connectivity index (χ0) is 13.2. The Kier molecular flexibility index (Phi) is 3.87. The Morgan fingerprint density at radius 2 is 2.17 bits per heavy atom. The van der Waals surface area contributed by atoms with E-state index in [0.29, 0.717) is 0 Å². The van der Waals surface area contributed by atoms with Gasteiger partial charge in [-0.15, -0.1) is 5.10 Å². The van der Waals surface area contributed by atoms with Gasteiger partial charge in [0.05, 0.1) is 0 Å². The molecule has 0 saturated carbocycles. The highest BCUT2D eigenvalue weighted by Gasteiger charge is 2.30. The molecule has 1 aromatic rings. The van der Waals surface area contributed by atoms with Crippen LogP contribution in [0.5, 0.6) is 0 Å². The number of nitrogens with two attached hydrogens (primary N) is 1. The number of hydrogen-bond donors (Lipinski definition) is 2. The first-order valence-corrected chi connectivity index (χ1v) is 6.48. The number of hydrogen-bond acceptors (Lipinski definition) is 5. The zero-order valence-electron chi connectivity index (χ0n) is 11.4. The minimum absolute atomic E-state index is 0.0506. The van der Waals surface area contributed by atoms with Crippen molar-refractivity contribution in [2.75, 3.05) is 31.6 Å². The average Bonchev–Trinajstić information content (AvgIpc) is 2.88. The summed E-state index contributed by atoms with van der Waals surface area (Å²) in [5.41, 5.74) is 6.08. The number of nitrogens with zero attached hydrogens (tertiary/aromatic N) is 3. The average molecular weight is 253 g/mol.